The van der Waals surface area contributed by atoms with E-state index in [2.05, 4.69) is 14.9 Å². The maximum Gasteiger partial charge on any atom is 0.227 e. The standard InChI is InChI=1S/C11H16ClN3O/c1-8-6-10(12)14-11(13-8)15-5-3-2-4-9(15)7-16/h6,9,16H,2-5,7H2,1H3/t9-/m1/s1. The predicted molar refractivity (Wildman–Crippen MR) is 63.8 cm³/mol. The molecule has 1 aromatic rings. The van der Waals surface area contributed by atoms with Gasteiger partial charge in [-0.2, -0.15) is 0 Å². The number of hydrogen-bond acceptors (Lipinski definition) is 4. The summed E-state index contributed by atoms with van der Waals surface area (Å²) < 4.78 is 0. The summed E-state index contributed by atoms with van der Waals surface area (Å²) in [5.41, 5.74) is 0.859. The van der Waals surface area contributed by atoms with E-state index in [0.29, 0.717) is 11.1 Å². The van der Waals surface area contributed by atoms with Crippen LogP contribution in [0.1, 0.15) is 25.0 Å². The highest BCUT2D eigenvalue weighted by Crippen LogP contribution is 2.22. The van der Waals surface area contributed by atoms with Crippen molar-refractivity contribution in [3.05, 3.63) is 16.9 Å². The molecule has 2 rings (SSSR count). The van der Waals surface area contributed by atoms with E-state index in [1.807, 2.05) is 6.92 Å². The molecule has 1 aliphatic heterocycles. The topological polar surface area (TPSA) is 49.2 Å². The van der Waals surface area contributed by atoms with Crippen LogP contribution in [0.2, 0.25) is 5.15 Å². The third-order valence-corrected chi connectivity index (χ3v) is 3.10. The van der Waals surface area contributed by atoms with Gasteiger partial charge in [-0.25, -0.2) is 9.97 Å². The first-order valence-corrected chi connectivity index (χ1v) is 5.97. The Balaban J connectivity index is 2.26. The van der Waals surface area contributed by atoms with Crippen molar-refractivity contribution in [1.82, 2.24) is 9.97 Å². The molecule has 5 heteroatoms. The van der Waals surface area contributed by atoms with Crippen LogP contribution in [0.3, 0.4) is 0 Å². The highest BCUT2D eigenvalue weighted by molar-refractivity contribution is 6.29. The lowest BCUT2D eigenvalue weighted by Crippen LogP contribution is -2.43. The van der Waals surface area contributed by atoms with Gasteiger partial charge < -0.3 is 10.0 Å². The predicted octanol–water partition coefficient (Wildman–Crippen LogP) is 1.79. The number of anilines is 1. The van der Waals surface area contributed by atoms with Crippen molar-refractivity contribution in [2.45, 2.75) is 32.2 Å². The van der Waals surface area contributed by atoms with Crippen molar-refractivity contribution in [3.8, 4) is 0 Å². The van der Waals surface area contributed by atoms with Crippen LogP contribution in [0.4, 0.5) is 5.95 Å². The number of halogens is 1. The molecule has 0 amide bonds. The highest BCUT2D eigenvalue weighted by atomic mass is 35.5. The second-order valence-electron chi connectivity index (χ2n) is 4.16. The zero-order valence-corrected chi connectivity index (χ0v) is 10.1. The number of aryl methyl sites for hydroxylation is 1. The monoisotopic (exact) mass is 241 g/mol. The fourth-order valence-electron chi connectivity index (χ4n) is 2.10. The van der Waals surface area contributed by atoms with E-state index in [-0.39, 0.29) is 12.6 Å². The molecule has 0 saturated carbocycles. The first-order chi connectivity index (χ1) is 7.70. The van der Waals surface area contributed by atoms with Gasteiger partial charge in [0.15, 0.2) is 0 Å². The van der Waals surface area contributed by atoms with Gasteiger partial charge in [-0.3, -0.25) is 0 Å². The van der Waals surface area contributed by atoms with Crippen molar-refractivity contribution in [3.63, 3.8) is 0 Å². The first kappa shape index (κ1) is 11.6. The van der Waals surface area contributed by atoms with Gasteiger partial charge in [0.1, 0.15) is 5.15 Å². The SMILES string of the molecule is Cc1cc(Cl)nc(N2CCCC[C@@H]2CO)n1. The molecule has 1 saturated heterocycles. The molecule has 0 radical (unpaired) electrons. The molecule has 0 spiro atoms. The summed E-state index contributed by atoms with van der Waals surface area (Å²) >= 11 is 5.92. The molecular weight excluding hydrogens is 226 g/mol. The van der Waals surface area contributed by atoms with Crippen molar-refractivity contribution >= 4 is 17.5 Å². The van der Waals surface area contributed by atoms with Crippen molar-refractivity contribution in [2.24, 2.45) is 0 Å². The van der Waals surface area contributed by atoms with Crippen molar-refractivity contribution in [2.75, 3.05) is 18.1 Å². The Morgan fingerprint density at radius 3 is 3.00 bits per heavy atom. The zero-order chi connectivity index (χ0) is 11.5. The smallest absolute Gasteiger partial charge is 0.227 e. The molecule has 4 nitrogen and oxygen atoms in total. The summed E-state index contributed by atoms with van der Waals surface area (Å²) in [6, 6.07) is 1.87. The molecule has 1 N–H and O–H groups in total. The van der Waals surface area contributed by atoms with Gasteiger partial charge in [0.05, 0.1) is 12.6 Å². The number of aliphatic hydroxyl groups excluding tert-OH is 1. The molecule has 0 aromatic carbocycles. The van der Waals surface area contributed by atoms with Gasteiger partial charge in [0.2, 0.25) is 5.95 Å². The van der Waals surface area contributed by atoms with E-state index < -0.39 is 0 Å². The Labute approximate surface area is 100 Å². The van der Waals surface area contributed by atoms with Crippen LogP contribution in [-0.2, 0) is 0 Å². The Kier molecular flexibility index (Phi) is 3.61. The summed E-state index contributed by atoms with van der Waals surface area (Å²) in [4.78, 5) is 10.7. The highest BCUT2D eigenvalue weighted by Gasteiger charge is 2.24. The van der Waals surface area contributed by atoms with Crippen LogP contribution in [0.15, 0.2) is 6.07 Å². The van der Waals surface area contributed by atoms with Crippen LogP contribution >= 0.6 is 11.6 Å². The van der Waals surface area contributed by atoms with Crippen LogP contribution in [-0.4, -0.2) is 34.3 Å². The molecule has 88 valence electrons. The van der Waals surface area contributed by atoms with Gasteiger partial charge >= 0.3 is 0 Å². The number of rotatable bonds is 2. The molecule has 2 heterocycles. The zero-order valence-electron chi connectivity index (χ0n) is 9.36. The lowest BCUT2D eigenvalue weighted by molar-refractivity contribution is 0.238. The minimum absolute atomic E-state index is 0.131. The van der Waals surface area contributed by atoms with Gasteiger partial charge in [0, 0.05) is 12.2 Å². The van der Waals surface area contributed by atoms with Crippen LogP contribution < -0.4 is 4.90 Å². The van der Waals surface area contributed by atoms with Gasteiger partial charge in [0.25, 0.3) is 0 Å². The Morgan fingerprint density at radius 1 is 1.50 bits per heavy atom. The second-order valence-corrected chi connectivity index (χ2v) is 4.54. The summed E-state index contributed by atoms with van der Waals surface area (Å²) in [6.45, 7) is 2.94. The summed E-state index contributed by atoms with van der Waals surface area (Å²) in [6.07, 6.45) is 3.26. The number of hydrogen-bond donors (Lipinski definition) is 1. The lowest BCUT2D eigenvalue weighted by Gasteiger charge is -2.34. The molecule has 0 unspecified atom stereocenters. The molecule has 1 atom stereocenters. The Hall–Kier alpha value is -0.870. The van der Waals surface area contributed by atoms with Crippen LogP contribution in [0.25, 0.3) is 0 Å². The quantitative estimate of drug-likeness (QED) is 0.802. The average Bonchev–Trinajstić information content (AvgIpc) is 2.27. The molecule has 1 aliphatic rings. The number of piperidine rings is 1. The number of aliphatic hydroxyl groups is 1. The maximum atomic E-state index is 9.33. The van der Waals surface area contributed by atoms with Gasteiger partial charge in [-0.15, -0.1) is 0 Å². The fraction of sp³-hybridized carbons (Fsp3) is 0.636. The average molecular weight is 242 g/mol. The van der Waals surface area contributed by atoms with Gasteiger partial charge in [-0.05, 0) is 32.3 Å². The normalized spacial score (nSPS) is 21.2. The second kappa shape index (κ2) is 4.97. The third-order valence-electron chi connectivity index (χ3n) is 2.91. The van der Waals surface area contributed by atoms with Gasteiger partial charge in [-0.1, -0.05) is 11.6 Å². The summed E-state index contributed by atoms with van der Waals surface area (Å²) in [5, 5.41) is 9.79. The van der Waals surface area contributed by atoms with Crippen molar-refractivity contribution in [1.29, 1.82) is 0 Å². The van der Waals surface area contributed by atoms with Crippen LogP contribution in [0, 0.1) is 6.92 Å². The van der Waals surface area contributed by atoms with Crippen molar-refractivity contribution < 1.29 is 5.11 Å². The number of aromatic nitrogens is 2. The largest absolute Gasteiger partial charge is 0.394 e. The maximum absolute atomic E-state index is 9.33. The molecular formula is C11H16ClN3O. The molecule has 16 heavy (non-hydrogen) atoms. The third kappa shape index (κ3) is 2.44. The number of nitrogens with zero attached hydrogens (tertiary/aromatic N) is 3. The van der Waals surface area contributed by atoms with E-state index >= 15 is 0 Å². The molecule has 0 aliphatic carbocycles. The fourth-order valence-corrected chi connectivity index (χ4v) is 2.33. The molecule has 1 aromatic heterocycles. The Morgan fingerprint density at radius 2 is 2.31 bits per heavy atom. The summed E-state index contributed by atoms with van der Waals surface area (Å²) in [5.74, 6) is 0.642. The lowest BCUT2D eigenvalue weighted by atomic mass is 10.0. The first-order valence-electron chi connectivity index (χ1n) is 5.59. The van der Waals surface area contributed by atoms with E-state index in [4.69, 9.17) is 11.6 Å². The van der Waals surface area contributed by atoms with E-state index in [9.17, 15) is 5.11 Å². The summed E-state index contributed by atoms with van der Waals surface area (Å²) in [7, 11) is 0. The van der Waals surface area contributed by atoms with E-state index in [1.165, 1.54) is 0 Å². The molecule has 1 fully saturated rings. The minimum Gasteiger partial charge on any atom is -0.394 e. The molecule has 0 bridgehead atoms. The van der Waals surface area contributed by atoms with E-state index in [0.717, 1.165) is 31.5 Å². The Bertz CT molecular complexity index is 352. The van der Waals surface area contributed by atoms with Crippen LogP contribution in [0.5, 0.6) is 0 Å². The van der Waals surface area contributed by atoms with E-state index in [1.54, 1.807) is 6.07 Å². The minimum atomic E-state index is 0.131.